The highest BCUT2D eigenvalue weighted by Crippen LogP contribution is 2.39. The molecule has 1 aromatic heterocycles. The number of para-hydroxylation sites is 2. The molecule has 0 saturated heterocycles. The Morgan fingerprint density at radius 1 is 0.526 bits per heavy atom. The first-order valence-electron chi connectivity index (χ1n) is 12.7. The molecule has 0 saturated carbocycles. The van der Waals surface area contributed by atoms with Crippen molar-refractivity contribution in [2.45, 2.75) is 13.8 Å². The van der Waals surface area contributed by atoms with Crippen LogP contribution >= 0.6 is 0 Å². The van der Waals surface area contributed by atoms with E-state index in [1.54, 1.807) is 6.07 Å². The first-order valence-corrected chi connectivity index (χ1v) is 12.7. The van der Waals surface area contributed by atoms with Crippen LogP contribution in [0.3, 0.4) is 0 Å². The fraction of sp³-hybridized carbons (Fsp3) is 0.0588. The Labute approximate surface area is 220 Å². The van der Waals surface area contributed by atoms with Gasteiger partial charge in [0, 0.05) is 10.8 Å². The Bertz CT molecular complexity index is 1860. The van der Waals surface area contributed by atoms with Crippen LogP contribution in [0.1, 0.15) is 31.8 Å². The summed E-state index contributed by atoms with van der Waals surface area (Å²) in [6, 6.07) is 35.8. The lowest BCUT2D eigenvalue weighted by Gasteiger charge is -2.16. The topological polar surface area (TPSA) is 42.3 Å². The molecule has 2 amide bonds. The fourth-order valence-corrected chi connectivity index (χ4v) is 5.82. The molecule has 0 atom stereocenters. The molecule has 6 aromatic rings. The molecule has 182 valence electrons. The molecular formula is C34H24N2O2. The maximum atomic E-state index is 14.0. The Morgan fingerprint density at radius 3 is 1.74 bits per heavy atom. The summed E-state index contributed by atoms with van der Waals surface area (Å²) in [4.78, 5) is 29.0. The van der Waals surface area contributed by atoms with Gasteiger partial charge in [0.2, 0.25) is 0 Å². The normalized spacial score (nSPS) is 13.1. The molecule has 5 aromatic carbocycles. The van der Waals surface area contributed by atoms with Crippen LogP contribution in [0.15, 0.2) is 109 Å². The van der Waals surface area contributed by atoms with Gasteiger partial charge in [-0.2, -0.15) is 0 Å². The van der Waals surface area contributed by atoms with Crippen molar-refractivity contribution in [3.8, 4) is 16.8 Å². The predicted octanol–water partition coefficient (Wildman–Crippen LogP) is 7.87. The minimum Gasteiger partial charge on any atom is -0.308 e. The van der Waals surface area contributed by atoms with Crippen molar-refractivity contribution in [2.75, 3.05) is 4.90 Å². The number of nitrogens with zero attached hydrogens (tertiary/aromatic N) is 2. The van der Waals surface area contributed by atoms with E-state index in [4.69, 9.17) is 0 Å². The molecule has 0 radical (unpaired) electrons. The van der Waals surface area contributed by atoms with E-state index in [1.165, 1.54) is 4.90 Å². The number of hydrogen-bond donors (Lipinski definition) is 0. The van der Waals surface area contributed by atoms with Crippen LogP contribution in [0.25, 0.3) is 38.6 Å². The van der Waals surface area contributed by atoms with Crippen molar-refractivity contribution in [3.63, 3.8) is 0 Å². The first-order chi connectivity index (χ1) is 18.5. The monoisotopic (exact) mass is 492 g/mol. The molecular weight excluding hydrogens is 468 g/mol. The molecule has 0 aliphatic carbocycles. The Hall–Kier alpha value is -4.96. The van der Waals surface area contributed by atoms with Crippen LogP contribution in [0, 0.1) is 13.8 Å². The molecule has 4 heteroatoms. The zero-order chi connectivity index (χ0) is 26.0. The van der Waals surface area contributed by atoms with E-state index in [0.717, 1.165) is 49.7 Å². The van der Waals surface area contributed by atoms with Crippen molar-refractivity contribution < 1.29 is 9.59 Å². The van der Waals surface area contributed by atoms with Gasteiger partial charge < -0.3 is 4.57 Å². The molecule has 0 fully saturated rings. The van der Waals surface area contributed by atoms with Crippen LogP contribution < -0.4 is 4.90 Å². The standard InChI is InChI=1S/C34H24N2O2/c1-21-9-6-13-26-27-14-7-10-22(2)32(27)36(31(21)26)29-16-8-15-28-30(29)34(38)35(33(28)37)25-19-17-24(18-20-25)23-11-4-3-5-12-23/h3-20H,1-2H3. The molecule has 0 N–H and O–H groups in total. The van der Waals surface area contributed by atoms with E-state index in [2.05, 4.69) is 54.8 Å². The van der Waals surface area contributed by atoms with Gasteiger partial charge in [-0.05, 0) is 60.4 Å². The first kappa shape index (κ1) is 22.3. The maximum absolute atomic E-state index is 14.0. The molecule has 7 rings (SSSR count). The Kier molecular flexibility index (Phi) is 4.85. The number of aromatic nitrogens is 1. The van der Waals surface area contributed by atoms with E-state index >= 15 is 0 Å². The molecule has 0 spiro atoms. The van der Waals surface area contributed by atoms with E-state index in [0.29, 0.717) is 16.8 Å². The average Bonchev–Trinajstić information content (AvgIpc) is 3.43. The van der Waals surface area contributed by atoms with Crippen LogP contribution in [-0.4, -0.2) is 16.4 Å². The summed E-state index contributed by atoms with van der Waals surface area (Å²) in [5.41, 5.74) is 8.61. The third-order valence-electron chi connectivity index (χ3n) is 7.58. The third kappa shape index (κ3) is 3.10. The van der Waals surface area contributed by atoms with Crippen molar-refractivity contribution >= 4 is 39.3 Å². The number of aryl methyl sites for hydroxylation is 2. The number of anilines is 1. The largest absolute Gasteiger partial charge is 0.308 e. The molecule has 1 aliphatic heterocycles. The zero-order valence-electron chi connectivity index (χ0n) is 21.1. The summed E-state index contributed by atoms with van der Waals surface area (Å²) in [5.74, 6) is -0.598. The number of hydrogen-bond acceptors (Lipinski definition) is 2. The lowest BCUT2D eigenvalue weighted by Crippen LogP contribution is -2.29. The zero-order valence-corrected chi connectivity index (χ0v) is 21.1. The second-order valence-electron chi connectivity index (χ2n) is 9.84. The number of amides is 2. The van der Waals surface area contributed by atoms with E-state index in [9.17, 15) is 9.59 Å². The number of rotatable bonds is 3. The second-order valence-corrected chi connectivity index (χ2v) is 9.84. The van der Waals surface area contributed by atoms with E-state index in [1.807, 2.05) is 66.7 Å². The van der Waals surface area contributed by atoms with Gasteiger partial charge in [-0.15, -0.1) is 0 Å². The quantitative estimate of drug-likeness (QED) is 0.236. The number of fused-ring (bicyclic) bond motifs is 4. The number of imide groups is 1. The smallest absolute Gasteiger partial charge is 0.268 e. The Morgan fingerprint density at radius 2 is 1.11 bits per heavy atom. The average molecular weight is 493 g/mol. The summed E-state index contributed by atoms with van der Waals surface area (Å²) in [6.07, 6.45) is 0. The summed E-state index contributed by atoms with van der Waals surface area (Å²) in [6.45, 7) is 4.17. The van der Waals surface area contributed by atoms with Gasteiger partial charge in [-0.25, -0.2) is 4.90 Å². The molecule has 0 unspecified atom stereocenters. The molecule has 1 aliphatic rings. The van der Waals surface area contributed by atoms with Gasteiger partial charge in [-0.3, -0.25) is 9.59 Å². The summed E-state index contributed by atoms with van der Waals surface area (Å²) in [7, 11) is 0. The highest BCUT2D eigenvalue weighted by Gasteiger charge is 2.39. The summed E-state index contributed by atoms with van der Waals surface area (Å²) in [5, 5.41) is 2.26. The second kappa shape index (κ2) is 8.29. The summed E-state index contributed by atoms with van der Waals surface area (Å²) >= 11 is 0. The van der Waals surface area contributed by atoms with Crippen molar-refractivity contribution in [2.24, 2.45) is 0 Å². The van der Waals surface area contributed by atoms with Gasteiger partial charge in [0.15, 0.2) is 0 Å². The Balaban J connectivity index is 1.41. The van der Waals surface area contributed by atoms with Crippen molar-refractivity contribution in [1.82, 2.24) is 4.57 Å². The highest BCUT2D eigenvalue weighted by atomic mass is 16.2. The SMILES string of the molecule is Cc1cccc2c3cccc(C)c3n(-c3cccc4c3C(=O)N(c3ccc(-c5ccccc5)cc3)C4=O)c12. The molecule has 2 heterocycles. The van der Waals surface area contributed by atoms with Crippen LogP contribution in [-0.2, 0) is 0 Å². The number of carbonyl (C=O) groups is 2. The van der Waals surface area contributed by atoms with Crippen LogP contribution in [0.4, 0.5) is 5.69 Å². The van der Waals surface area contributed by atoms with Crippen LogP contribution in [0.2, 0.25) is 0 Å². The van der Waals surface area contributed by atoms with Crippen molar-refractivity contribution in [1.29, 1.82) is 0 Å². The minimum atomic E-state index is -0.301. The molecule has 38 heavy (non-hydrogen) atoms. The fourth-order valence-electron chi connectivity index (χ4n) is 5.82. The van der Waals surface area contributed by atoms with E-state index in [-0.39, 0.29) is 11.8 Å². The predicted molar refractivity (Wildman–Crippen MR) is 153 cm³/mol. The molecule has 0 bridgehead atoms. The van der Waals surface area contributed by atoms with Crippen LogP contribution in [0.5, 0.6) is 0 Å². The molecule has 4 nitrogen and oxygen atoms in total. The van der Waals surface area contributed by atoms with Gasteiger partial charge in [0.1, 0.15) is 0 Å². The minimum absolute atomic E-state index is 0.298. The lowest BCUT2D eigenvalue weighted by atomic mass is 10.1. The van der Waals surface area contributed by atoms with E-state index < -0.39 is 0 Å². The van der Waals surface area contributed by atoms with Gasteiger partial charge in [-0.1, -0.05) is 84.9 Å². The third-order valence-corrected chi connectivity index (χ3v) is 7.58. The van der Waals surface area contributed by atoms with Gasteiger partial charge >= 0.3 is 0 Å². The highest BCUT2D eigenvalue weighted by molar-refractivity contribution is 6.35. The maximum Gasteiger partial charge on any atom is 0.268 e. The number of carbonyl (C=O) groups excluding carboxylic acids is 2. The lowest BCUT2D eigenvalue weighted by molar-refractivity contribution is 0.0926. The van der Waals surface area contributed by atoms with Gasteiger partial charge in [0.05, 0.1) is 33.5 Å². The van der Waals surface area contributed by atoms with Gasteiger partial charge in [0.25, 0.3) is 11.8 Å². The summed E-state index contributed by atoms with van der Waals surface area (Å²) < 4.78 is 2.17. The van der Waals surface area contributed by atoms with Crippen molar-refractivity contribution in [3.05, 3.63) is 131 Å². The number of benzene rings is 5.